The second-order valence-corrected chi connectivity index (χ2v) is 6.80. The summed E-state index contributed by atoms with van der Waals surface area (Å²) >= 11 is 12.0. The van der Waals surface area contributed by atoms with Crippen molar-refractivity contribution in [2.24, 2.45) is 0 Å². The Labute approximate surface area is 168 Å². The first kappa shape index (κ1) is 21.0. The first-order chi connectivity index (χ1) is 12.8. The SMILES string of the molecule is COc1ccc(Cl)cc1NC(=O)C(C)N(C)CC(=O)Nc1ccccc1Cl. The molecule has 144 valence electrons. The van der Waals surface area contributed by atoms with Crippen LogP contribution in [0, 0.1) is 0 Å². The molecule has 6 nitrogen and oxygen atoms in total. The van der Waals surface area contributed by atoms with Gasteiger partial charge in [-0.25, -0.2) is 0 Å². The summed E-state index contributed by atoms with van der Waals surface area (Å²) in [5, 5.41) is 6.43. The second kappa shape index (κ2) is 9.60. The van der Waals surface area contributed by atoms with Crippen LogP contribution in [0.4, 0.5) is 11.4 Å². The van der Waals surface area contributed by atoms with Gasteiger partial charge in [0.2, 0.25) is 11.8 Å². The van der Waals surface area contributed by atoms with Crippen molar-refractivity contribution in [2.45, 2.75) is 13.0 Å². The largest absolute Gasteiger partial charge is 0.495 e. The number of halogens is 2. The minimum atomic E-state index is -0.564. The van der Waals surface area contributed by atoms with E-state index in [1.165, 1.54) is 7.11 Å². The number of para-hydroxylation sites is 1. The fourth-order valence-electron chi connectivity index (χ4n) is 2.33. The van der Waals surface area contributed by atoms with Crippen LogP contribution in [-0.2, 0) is 9.59 Å². The minimum Gasteiger partial charge on any atom is -0.495 e. The molecule has 2 N–H and O–H groups in total. The number of anilines is 2. The molecule has 27 heavy (non-hydrogen) atoms. The Morgan fingerprint density at radius 3 is 2.48 bits per heavy atom. The third-order valence-corrected chi connectivity index (χ3v) is 4.57. The highest BCUT2D eigenvalue weighted by molar-refractivity contribution is 6.33. The van der Waals surface area contributed by atoms with Crippen LogP contribution in [0.2, 0.25) is 10.0 Å². The Bertz CT molecular complexity index is 830. The molecule has 0 radical (unpaired) electrons. The quantitative estimate of drug-likeness (QED) is 0.727. The van der Waals surface area contributed by atoms with Crippen molar-refractivity contribution in [1.29, 1.82) is 0 Å². The number of benzene rings is 2. The first-order valence-electron chi connectivity index (χ1n) is 8.21. The molecule has 0 spiro atoms. The number of likely N-dealkylation sites (N-methyl/N-ethyl adjacent to an activating group) is 1. The van der Waals surface area contributed by atoms with Crippen molar-refractivity contribution >= 4 is 46.4 Å². The van der Waals surface area contributed by atoms with Gasteiger partial charge >= 0.3 is 0 Å². The molecule has 2 aromatic rings. The van der Waals surface area contributed by atoms with Gasteiger partial charge in [0.15, 0.2) is 0 Å². The maximum Gasteiger partial charge on any atom is 0.241 e. The molecule has 1 atom stereocenters. The van der Waals surface area contributed by atoms with E-state index in [0.29, 0.717) is 27.2 Å². The van der Waals surface area contributed by atoms with Crippen LogP contribution in [0.25, 0.3) is 0 Å². The van der Waals surface area contributed by atoms with Crippen LogP contribution in [0.3, 0.4) is 0 Å². The second-order valence-electron chi connectivity index (χ2n) is 5.95. The highest BCUT2D eigenvalue weighted by Gasteiger charge is 2.21. The summed E-state index contributed by atoms with van der Waals surface area (Å²) in [7, 11) is 3.19. The number of amides is 2. The lowest BCUT2D eigenvalue weighted by atomic mass is 10.2. The molecular formula is C19H21Cl2N3O3. The number of hydrogen-bond acceptors (Lipinski definition) is 4. The lowest BCUT2D eigenvalue weighted by Crippen LogP contribution is -2.43. The number of methoxy groups -OCH3 is 1. The Kier molecular flexibility index (Phi) is 7.47. The summed E-state index contributed by atoms with van der Waals surface area (Å²) in [6.45, 7) is 1.72. The van der Waals surface area contributed by atoms with E-state index in [-0.39, 0.29) is 18.4 Å². The molecule has 0 bridgehead atoms. The third kappa shape index (κ3) is 5.85. The van der Waals surface area contributed by atoms with E-state index in [9.17, 15) is 9.59 Å². The normalized spacial score (nSPS) is 11.8. The van der Waals surface area contributed by atoms with Crippen molar-refractivity contribution in [3.05, 3.63) is 52.5 Å². The van der Waals surface area contributed by atoms with Crippen LogP contribution < -0.4 is 15.4 Å². The smallest absolute Gasteiger partial charge is 0.241 e. The summed E-state index contributed by atoms with van der Waals surface area (Å²) in [5.41, 5.74) is 0.995. The molecule has 2 aromatic carbocycles. The van der Waals surface area contributed by atoms with E-state index >= 15 is 0 Å². The average molecular weight is 410 g/mol. The molecular weight excluding hydrogens is 389 g/mol. The zero-order valence-corrected chi connectivity index (χ0v) is 16.8. The molecule has 0 aromatic heterocycles. The predicted molar refractivity (Wildman–Crippen MR) is 109 cm³/mol. The third-order valence-electron chi connectivity index (χ3n) is 4.00. The van der Waals surface area contributed by atoms with Crippen molar-refractivity contribution in [3.8, 4) is 5.75 Å². The fourth-order valence-corrected chi connectivity index (χ4v) is 2.69. The Morgan fingerprint density at radius 1 is 1.11 bits per heavy atom. The standard InChI is InChI=1S/C19H21Cl2N3O3/c1-12(19(26)23-16-10-13(20)8-9-17(16)27-3)24(2)11-18(25)22-15-7-5-4-6-14(15)21/h4-10,12H,11H2,1-3H3,(H,22,25)(H,23,26). The molecule has 0 aliphatic heterocycles. The van der Waals surface area contributed by atoms with Gasteiger partial charge in [-0.1, -0.05) is 35.3 Å². The zero-order valence-electron chi connectivity index (χ0n) is 15.3. The summed E-state index contributed by atoms with van der Waals surface area (Å²) in [5.74, 6) is -0.0618. The molecule has 0 aliphatic carbocycles. The van der Waals surface area contributed by atoms with Gasteiger partial charge < -0.3 is 15.4 Å². The monoisotopic (exact) mass is 409 g/mol. The van der Waals surface area contributed by atoms with E-state index in [1.807, 2.05) is 0 Å². The van der Waals surface area contributed by atoms with E-state index in [0.717, 1.165) is 0 Å². The number of carbonyl (C=O) groups excluding carboxylic acids is 2. The Balaban J connectivity index is 1.97. The maximum atomic E-state index is 12.5. The van der Waals surface area contributed by atoms with E-state index < -0.39 is 6.04 Å². The van der Waals surface area contributed by atoms with Crippen LogP contribution in [0.15, 0.2) is 42.5 Å². The summed E-state index contributed by atoms with van der Waals surface area (Å²) in [6.07, 6.45) is 0. The number of nitrogens with one attached hydrogen (secondary N) is 2. The van der Waals surface area contributed by atoms with Gasteiger partial charge in [-0.15, -0.1) is 0 Å². The fraction of sp³-hybridized carbons (Fsp3) is 0.263. The predicted octanol–water partition coefficient (Wildman–Crippen LogP) is 3.90. The van der Waals surface area contributed by atoms with Crippen LogP contribution in [0.5, 0.6) is 5.75 Å². The van der Waals surface area contributed by atoms with E-state index in [1.54, 1.807) is 61.3 Å². The molecule has 0 saturated heterocycles. The lowest BCUT2D eigenvalue weighted by Gasteiger charge is -2.23. The average Bonchev–Trinajstić information content (AvgIpc) is 2.63. The van der Waals surface area contributed by atoms with Crippen molar-refractivity contribution < 1.29 is 14.3 Å². The summed E-state index contributed by atoms with van der Waals surface area (Å²) in [6, 6.07) is 11.3. The van der Waals surface area contributed by atoms with Crippen molar-refractivity contribution in [1.82, 2.24) is 4.90 Å². The maximum absolute atomic E-state index is 12.5. The molecule has 0 heterocycles. The van der Waals surface area contributed by atoms with E-state index in [2.05, 4.69) is 10.6 Å². The van der Waals surface area contributed by atoms with Crippen LogP contribution in [-0.4, -0.2) is 43.5 Å². The Morgan fingerprint density at radius 2 is 1.81 bits per heavy atom. The van der Waals surface area contributed by atoms with Gasteiger partial charge in [0.1, 0.15) is 5.75 Å². The van der Waals surface area contributed by atoms with Gasteiger partial charge in [0, 0.05) is 5.02 Å². The number of nitrogens with zero attached hydrogens (tertiary/aromatic N) is 1. The van der Waals surface area contributed by atoms with Gasteiger partial charge in [-0.2, -0.15) is 0 Å². The number of hydrogen-bond donors (Lipinski definition) is 2. The number of carbonyl (C=O) groups is 2. The van der Waals surface area contributed by atoms with Gasteiger partial charge in [0.25, 0.3) is 0 Å². The molecule has 1 unspecified atom stereocenters. The van der Waals surface area contributed by atoms with Crippen LogP contribution >= 0.6 is 23.2 Å². The van der Waals surface area contributed by atoms with Gasteiger partial charge in [0.05, 0.1) is 36.1 Å². The minimum absolute atomic E-state index is 0.0203. The van der Waals surface area contributed by atoms with Crippen molar-refractivity contribution in [3.63, 3.8) is 0 Å². The first-order valence-corrected chi connectivity index (χ1v) is 8.96. The molecule has 0 saturated carbocycles. The molecule has 0 aliphatic rings. The summed E-state index contributed by atoms with van der Waals surface area (Å²) in [4.78, 5) is 26.4. The molecule has 8 heteroatoms. The number of rotatable bonds is 7. The highest BCUT2D eigenvalue weighted by atomic mass is 35.5. The van der Waals surface area contributed by atoms with Crippen LogP contribution in [0.1, 0.15) is 6.92 Å². The Hall–Kier alpha value is -2.28. The zero-order chi connectivity index (χ0) is 20.0. The molecule has 0 fully saturated rings. The van der Waals surface area contributed by atoms with Gasteiger partial charge in [-0.05, 0) is 44.3 Å². The summed E-state index contributed by atoms with van der Waals surface area (Å²) < 4.78 is 5.22. The lowest BCUT2D eigenvalue weighted by molar-refractivity contribution is -0.122. The molecule has 2 rings (SSSR count). The van der Waals surface area contributed by atoms with E-state index in [4.69, 9.17) is 27.9 Å². The highest BCUT2D eigenvalue weighted by Crippen LogP contribution is 2.28. The molecule has 2 amide bonds. The van der Waals surface area contributed by atoms with Gasteiger partial charge in [-0.3, -0.25) is 14.5 Å². The number of ether oxygens (including phenoxy) is 1. The topological polar surface area (TPSA) is 70.7 Å². The van der Waals surface area contributed by atoms with Crippen molar-refractivity contribution in [2.75, 3.05) is 31.3 Å².